The lowest BCUT2D eigenvalue weighted by atomic mass is 10.2. The summed E-state index contributed by atoms with van der Waals surface area (Å²) in [5, 5.41) is 7.79. The molecule has 29 heavy (non-hydrogen) atoms. The normalized spacial score (nSPS) is 11.1. The van der Waals surface area contributed by atoms with E-state index in [1.807, 2.05) is 54.9 Å². The van der Waals surface area contributed by atoms with Gasteiger partial charge in [0.2, 0.25) is 0 Å². The van der Waals surface area contributed by atoms with Crippen LogP contribution < -0.4 is 5.32 Å². The Bertz CT molecular complexity index is 950. The van der Waals surface area contributed by atoms with Crippen LogP contribution in [0.5, 0.6) is 0 Å². The number of rotatable bonds is 5. The largest absolute Gasteiger partial charge is 0.352 e. The Morgan fingerprint density at radius 3 is 2.38 bits per heavy atom. The lowest BCUT2D eigenvalue weighted by molar-refractivity contribution is 0.476. The number of aliphatic imine (C=N–C) groups is 1. The van der Waals surface area contributed by atoms with Gasteiger partial charge in [-0.25, -0.2) is 14.1 Å². The molecule has 0 radical (unpaired) electrons. The molecule has 0 aliphatic carbocycles. The summed E-state index contributed by atoms with van der Waals surface area (Å²) >= 11 is 0. The number of aromatic nitrogens is 3. The number of benzene rings is 1. The van der Waals surface area contributed by atoms with E-state index in [9.17, 15) is 4.39 Å². The number of pyridine rings is 1. The van der Waals surface area contributed by atoms with Gasteiger partial charge in [0.1, 0.15) is 5.82 Å². The molecule has 0 aliphatic heterocycles. The van der Waals surface area contributed by atoms with E-state index in [0.717, 1.165) is 34.3 Å². The molecule has 3 aromatic rings. The highest BCUT2D eigenvalue weighted by Crippen LogP contribution is 2.10. The molecule has 0 saturated heterocycles. The third kappa shape index (κ3) is 5.99. The van der Waals surface area contributed by atoms with Crippen LogP contribution in [0.25, 0.3) is 5.82 Å². The predicted octanol–water partition coefficient (Wildman–Crippen LogP) is 3.85. The van der Waals surface area contributed by atoms with Gasteiger partial charge in [0, 0.05) is 39.1 Å². The van der Waals surface area contributed by atoms with Crippen LogP contribution >= 0.6 is 24.0 Å². The van der Waals surface area contributed by atoms with Gasteiger partial charge in [-0.2, -0.15) is 5.10 Å². The van der Waals surface area contributed by atoms with E-state index in [1.54, 1.807) is 19.2 Å². The van der Waals surface area contributed by atoms with E-state index < -0.39 is 0 Å². The molecule has 2 aromatic heterocycles. The average molecular weight is 508 g/mol. The van der Waals surface area contributed by atoms with Crippen molar-refractivity contribution < 1.29 is 4.39 Å². The Morgan fingerprint density at radius 2 is 1.83 bits per heavy atom. The fraction of sp³-hybridized carbons (Fsp3) is 0.286. The summed E-state index contributed by atoms with van der Waals surface area (Å²) in [6.07, 6.45) is 1.84. The SMILES string of the molecule is CN=C(NCc1ccc(-n2nc(C)cc2C)nc1)N(C)Cc1ccc(F)cc1.I. The van der Waals surface area contributed by atoms with Gasteiger partial charge >= 0.3 is 0 Å². The van der Waals surface area contributed by atoms with E-state index in [-0.39, 0.29) is 29.8 Å². The number of halogens is 2. The zero-order valence-corrected chi connectivity index (χ0v) is 19.4. The van der Waals surface area contributed by atoms with Gasteiger partial charge < -0.3 is 10.2 Å². The molecule has 2 heterocycles. The van der Waals surface area contributed by atoms with Crippen LogP contribution in [0.2, 0.25) is 0 Å². The van der Waals surface area contributed by atoms with Crippen molar-refractivity contribution in [1.29, 1.82) is 0 Å². The maximum atomic E-state index is 13.1. The minimum absolute atomic E-state index is 0. The molecule has 154 valence electrons. The molecular formula is C21H26FIN6. The number of hydrogen-bond donors (Lipinski definition) is 1. The minimum Gasteiger partial charge on any atom is -0.352 e. The van der Waals surface area contributed by atoms with Gasteiger partial charge in [0.05, 0.1) is 5.69 Å². The van der Waals surface area contributed by atoms with E-state index in [1.165, 1.54) is 12.1 Å². The number of nitrogens with zero attached hydrogens (tertiary/aromatic N) is 5. The Labute approximate surface area is 187 Å². The lowest BCUT2D eigenvalue weighted by Gasteiger charge is -2.22. The average Bonchev–Trinajstić information content (AvgIpc) is 3.03. The number of nitrogens with one attached hydrogen (secondary N) is 1. The van der Waals surface area contributed by atoms with Crippen molar-refractivity contribution in [2.24, 2.45) is 4.99 Å². The number of guanidine groups is 1. The second kappa shape index (κ2) is 10.3. The van der Waals surface area contributed by atoms with Gasteiger partial charge in [-0.3, -0.25) is 4.99 Å². The zero-order chi connectivity index (χ0) is 20.1. The van der Waals surface area contributed by atoms with E-state index in [0.29, 0.717) is 13.1 Å². The maximum Gasteiger partial charge on any atom is 0.193 e. The summed E-state index contributed by atoms with van der Waals surface area (Å²) in [7, 11) is 3.69. The van der Waals surface area contributed by atoms with Gasteiger partial charge in [-0.1, -0.05) is 18.2 Å². The summed E-state index contributed by atoms with van der Waals surface area (Å²) in [5.74, 6) is 1.32. The molecule has 0 fully saturated rings. The molecule has 0 amide bonds. The lowest BCUT2D eigenvalue weighted by Crippen LogP contribution is -2.38. The third-order valence-electron chi connectivity index (χ3n) is 4.39. The van der Waals surface area contributed by atoms with E-state index in [2.05, 4.69) is 20.4 Å². The fourth-order valence-electron chi connectivity index (χ4n) is 3.01. The smallest absolute Gasteiger partial charge is 0.193 e. The quantitative estimate of drug-likeness (QED) is 0.323. The molecule has 0 aliphatic rings. The Balaban J connectivity index is 0.00000300. The summed E-state index contributed by atoms with van der Waals surface area (Å²) in [6.45, 7) is 5.22. The third-order valence-corrected chi connectivity index (χ3v) is 4.39. The molecule has 0 unspecified atom stereocenters. The molecule has 3 rings (SSSR count). The van der Waals surface area contributed by atoms with E-state index >= 15 is 0 Å². The van der Waals surface area contributed by atoms with Crippen molar-refractivity contribution in [3.63, 3.8) is 0 Å². The van der Waals surface area contributed by atoms with Gasteiger partial charge in [-0.05, 0) is 49.2 Å². The molecule has 8 heteroatoms. The first-order valence-corrected chi connectivity index (χ1v) is 9.11. The summed E-state index contributed by atoms with van der Waals surface area (Å²) < 4.78 is 14.9. The minimum atomic E-state index is -0.231. The standard InChI is InChI=1S/C21H25FN6.HI/c1-15-11-16(2)28(26-15)20-10-7-18(12-24-20)13-25-21(23-3)27(4)14-17-5-8-19(22)9-6-17;/h5-12H,13-14H2,1-4H3,(H,23,25);1H. The van der Waals surface area contributed by atoms with Crippen LogP contribution in [0.3, 0.4) is 0 Å². The Hall–Kier alpha value is -2.49. The molecule has 0 spiro atoms. The summed E-state index contributed by atoms with van der Waals surface area (Å²) in [6, 6.07) is 12.5. The molecule has 0 atom stereocenters. The monoisotopic (exact) mass is 508 g/mol. The number of aryl methyl sites for hydroxylation is 2. The topological polar surface area (TPSA) is 58.3 Å². The van der Waals surface area contributed by atoms with Crippen LogP contribution in [-0.2, 0) is 13.1 Å². The molecule has 1 N–H and O–H groups in total. The highest BCUT2D eigenvalue weighted by molar-refractivity contribution is 14.0. The second-order valence-electron chi connectivity index (χ2n) is 6.75. The molecule has 1 aromatic carbocycles. The molecule has 0 saturated carbocycles. The van der Waals surface area contributed by atoms with Crippen molar-refractivity contribution in [3.8, 4) is 5.82 Å². The highest BCUT2D eigenvalue weighted by atomic mass is 127. The van der Waals surface area contributed by atoms with Gasteiger partial charge in [0.15, 0.2) is 11.8 Å². The van der Waals surface area contributed by atoms with Crippen LogP contribution in [-0.4, -0.2) is 39.7 Å². The highest BCUT2D eigenvalue weighted by Gasteiger charge is 2.08. The first-order chi connectivity index (χ1) is 13.5. The van der Waals surface area contributed by atoms with Crippen molar-refractivity contribution in [3.05, 3.63) is 77.0 Å². The van der Waals surface area contributed by atoms with Crippen molar-refractivity contribution in [2.75, 3.05) is 14.1 Å². The fourth-order valence-corrected chi connectivity index (χ4v) is 3.01. The van der Waals surface area contributed by atoms with Crippen molar-refractivity contribution in [1.82, 2.24) is 25.0 Å². The van der Waals surface area contributed by atoms with Crippen LogP contribution in [0, 0.1) is 19.7 Å². The van der Waals surface area contributed by atoms with Gasteiger partial charge in [0.25, 0.3) is 0 Å². The van der Waals surface area contributed by atoms with Crippen molar-refractivity contribution >= 4 is 29.9 Å². The molecular weight excluding hydrogens is 482 g/mol. The second-order valence-corrected chi connectivity index (χ2v) is 6.75. The van der Waals surface area contributed by atoms with Crippen molar-refractivity contribution in [2.45, 2.75) is 26.9 Å². The molecule has 6 nitrogen and oxygen atoms in total. The first-order valence-electron chi connectivity index (χ1n) is 9.11. The zero-order valence-electron chi connectivity index (χ0n) is 17.1. The summed E-state index contributed by atoms with van der Waals surface area (Å²) in [4.78, 5) is 10.8. The van der Waals surface area contributed by atoms with Crippen LogP contribution in [0.1, 0.15) is 22.5 Å². The van der Waals surface area contributed by atoms with E-state index in [4.69, 9.17) is 0 Å². The van der Waals surface area contributed by atoms with Crippen LogP contribution in [0.4, 0.5) is 4.39 Å². The molecule has 0 bridgehead atoms. The van der Waals surface area contributed by atoms with Crippen LogP contribution in [0.15, 0.2) is 53.7 Å². The number of hydrogen-bond acceptors (Lipinski definition) is 3. The summed E-state index contributed by atoms with van der Waals surface area (Å²) in [5.41, 5.74) is 4.08. The first kappa shape index (κ1) is 22.8. The van der Waals surface area contributed by atoms with Gasteiger partial charge in [-0.15, -0.1) is 24.0 Å². The Kier molecular flexibility index (Phi) is 8.12. The predicted molar refractivity (Wildman–Crippen MR) is 124 cm³/mol. The maximum absolute atomic E-state index is 13.1. The Morgan fingerprint density at radius 1 is 1.14 bits per heavy atom.